The van der Waals surface area contributed by atoms with Gasteiger partial charge in [-0.15, -0.1) is 0 Å². The molecule has 2 atom stereocenters. The normalized spacial score (nSPS) is 16.3. The maximum atomic E-state index is 11.0. The summed E-state index contributed by atoms with van der Waals surface area (Å²) in [5.74, 6) is -0.418. The number of nitrogens with two attached hydrogens (primary N) is 1. The number of carbonyl (C=O) groups excluding carboxylic acids is 2. The van der Waals surface area contributed by atoms with Crippen LogP contribution in [0.25, 0.3) is 11.2 Å². The highest BCUT2D eigenvalue weighted by Gasteiger charge is 2.12. The highest BCUT2D eigenvalue weighted by Crippen LogP contribution is 2.14. The van der Waals surface area contributed by atoms with Crippen LogP contribution in [-0.4, -0.2) is 69.4 Å². The molecule has 2 aromatic heterocycles. The van der Waals surface area contributed by atoms with Crippen molar-refractivity contribution in [3.63, 3.8) is 0 Å². The van der Waals surface area contributed by atoms with Crippen molar-refractivity contribution < 1.29 is 19.4 Å². The summed E-state index contributed by atoms with van der Waals surface area (Å²) in [6.07, 6.45) is 7.13. The number of aliphatic hydroxyl groups excluding tert-OH is 1. The summed E-state index contributed by atoms with van der Waals surface area (Å²) < 4.78 is 4.46. The number of nitrogens with one attached hydrogen (secondary N) is 2. The number of methoxy groups -OCH3 is 1. The minimum atomic E-state index is -0.842. The Kier molecular flexibility index (Phi) is 7.37. The van der Waals surface area contributed by atoms with Crippen LogP contribution >= 0.6 is 0 Å². The number of esters is 1. The molecule has 5 N–H and O–H groups in total. The van der Waals surface area contributed by atoms with E-state index in [0.717, 1.165) is 0 Å². The van der Waals surface area contributed by atoms with E-state index in [4.69, 9.17) is 5.73 Å². The first-order valence-electron chi connectivity index (χ1n) is 8.10. The highest BCUT2D eigenvalue weighted by molar-refractivity contribution is 5.83. The number of anilines is 1. The number of hydrogen-bond acceptors (Lipinski definition) is 9. The minimum Gasteiger partial charge on any atom is -0.469 e. The number of amides is 1. The van der Waals surface area contributed by atoms with Crippen LogP contribution in [0.3, 0.4) is 0 Å². The molecule has 0 radical (unpaired) electrons. The number of allylic oxidation sites excluding steroid dienone is 1. The number of rotatable bonds is 6. The molecule has 1 aliphatic heterocycles. The third kappa shape index (κ3) is 6.15. The molecule has 11 heteroatoms. The molecule has 1 aliphatic rings. The molecule has 11 nitrogen and oxygen atoms in total. The first kappa shape index (κ1) is 20.0. The summed E-state index contributed by atoms with van der Waals surface area (Å²) >= 11 is 0. The third-order valence-corrected chi connectivity index (χ3v) is 3.56. The van der Waals surface area contributed by atoms with E-state index in [1.54, 1.807) is 18.4 Å². The number of hydrogen-bond donors (Lipinski definition) is 4. The molecule has 0 saturated carbocycles. The van der Waals surface area contributed by atoms with Gasteiger partial charge in [-0.25, -0.2) is 15.0 Å². The van der Waals surface area contributed by atoms with Gasteiger partial charge in [-0.1, -0.05) is 6.08 Å². The van der Waals surface area contributed by atoms with Gasteiger partial charge in [0.2, 0.25) is 5.91 Å². The summed E-state index contributed by atoms with van der Waals surface area (Å²) in [6, 6.07) is 0. The van der Waals surface area contributed by atoms with E-state index in [9.17, 15) is 14.7 Å². The number of carbonyl (C=O) groups is 2. The van der Waals surface area contributed by atoms with Gasteiger partial charge < -0.3 is 25.9 Å². The fraction of sp³-hybridized carbons (Fsp3) is 0.375. The van der Waals surface area contributed by atoms with Crippen LogP contribution in [0.5, 0.6) is 0 Å². The summed E-state index contributed by atoms with van der Waals surface area (Å²) in [6.45, 7) is 0.687. The molecule has 2 aromatic rings. The number of ether oxygens (including phenoxy) is 1. The van der Waals surface area contributed by atoms with E-state index in [0.29, 0.717) is 23.5 Å². The Morgan fingerprint density at radius 2 is 2.26 bits per heavy atom. The Hall–Kier alpha value is -3.34. The molecule has 2 unspecified atom stereocenters. The smallest absolute Gasteiger partial charge is 0.308 e. The van der Waals surface area contributed by atoms with Crippen LogP contribution in [0.2, 0.25) is 0 Å². The number of H-pyrrole nitrogens is 1. The van der Waals surface area contributed by atoms with Crippen molar-refractivity contribution in [3.8, 4) is 0 Å². The van der Waals surface area contributed by atoms with Crippen molar-refractivity contribution >= 4 is 35.1 Å². The molecule has 0 aromatic carbocycles. The molecule has 0 fully saturated rings. The first-order chi connectivity index (χ1) is 13.0. The summed E-state index contributed by atoms with van der Waals surface area (Å²) in [7, 11) is 1.28. The van der Waals surface area contributed by atoms with E-state index in [-0.39, 0.29) is 24.8 Å². The standard InChI is InChI=1S/C10H13N5O3.C6H8N2O/c1-18-7(17)2-6(16)3-11-9-8-10(13-4-12-8)15-5-14-9;7-6(9)5-2-1-3-8-4-5/h4-6,16H,2-3H2,1H3,(H2,11,12,13,14,15);1-3,5H,4H2,(H2,7,9). The Balaban J connectivity index is 0.000000244. The zero-order chi connectivity index (χ0) is 19.6. The van der Waals surface area contributed by atoms with Gasteiger partial charge in [0.05, 0.1) is 38.4 Å². The van der Waals surface area contributed by atoms with Gasteiger partial charge in [-0.2, -0.15) is 0 Å². The second-order valence-electron chi connectivity index (χ2n) is 5.55. The lowest BCUT2D eigenvalue weighted by molar-refractivity contribution is -0.142. The lowest BCUT2D eigenvalue weighted by atomic mass is 10.1. The van der Waals surface area contributed by atoms with Gasteiger partial charge >= 0.3 is 5.97 Å². The van der Waals surface area contributed by atoms with Gasteiger partial charge in [0, 0.05) is 12.8 Å². The third-order valence-electron chi connectivity index (χ3n) is 3.56. The molecule has 0 bridgehead atoms. The van der Waals surface area contributed by atoms with Gasteiger partial charge in [-0.05, 0) is 6.08 Å². The average Bonchev–Trinajstić information content (AvgIpc) is 3.17. The summed E-state index contributed by atoms with van der Waals surface area (Å²) in [4.78, 5) is 40.1. The maximum absolute atomic E-state index is 11.0. The lowest BCUT2D eigenvalue weighted by Crippen LogP contribution is -2.24. The monoisotopic (exact) mass is 375 g/mol. The number of aromatic nitrogens is 4. The molecule has 144 valence electrons. The number of imidazole rings is 1. The number of aliphatic imine (C=N–C) groups is 1. The molecule has 1 amide bonds. The number of fused-ring (bicyclic) bond motifs is 1. The van der Waals surface area contributed by atoms with Crippen molar-refractivity contribution in [2.45, 2.75) is 12.5 Å². The molecule has 0 spiro atoms. The Morgan fingerprint density at radius 1 is 1.44 bits per heavy atom. The van der Waals surface area contributed by atoms with Crippen LogP contribution < -0.4 is 11.1 Å². The minimum absolute atomic E-state index is 0.0687. The Labute approximate surface area is 154 Å². The van der Waals surface area contributed by atoms with E-state index in [1.165, 1.54) is 19.8 Å². The number of aliphatic hydroxyl groups is 1. The number of primary amides is 1. The second kappa shape index (κ2) is 9.97. The molecule has 27 heavy (non-hydrogen) atoms. The largest absolute Gasteiger partial charge is 0.469 e. The van der Waals surface area contributed by atoms with Gasteiger partial charge in [-0.3, -0.25) is 14.6 Å². The Morgan fingerprint density at radius 3 is 2.89 bits per heavy atom. The summed E-state index contributed by atoms with van der Waals surface area (Å²) in [5.41, 5.74) is 6.20. The molecular weight excluding hydrogens is 354 g/mol. The topological polar surface area (TPSA) is 168 Å². The number of nitrogens with zero attached hydrogens (tertiary/aromatic N) is 4. The van der Waals surface area contributed by atoms with Gasteiger partial charge in [0.15, 0.2) is 11.5 Å². The van der Waals surface area contributed by atoms with Crippen molar-refractivity contribution in [2.75, 3.05) is 25.5 Å². The van der Waals surface area contributed by atoms with E-state index in [1.807, 2.05) is 0 Å². The van der Waals surface area contributed by atoms with Crippen molar-refractivity contribution in [2.24, 2.45) is 16.6 Å². The van der Waals surface area contributed by atoms with E-state index >= 15 is 0 Å². The molecule has 0 saturated heterocycles. The average molecular weight is 375 g/mol. The molecule has 3 rings (SSSR count). The molecular formula is C16H21N7O4. The lowest BCUT2D eigenvalue weighted by Gasteiger charge is -2.11. The predicted molar refractivity (Wildman–Crippen MR) is 98.0 cm³/mol. The van der Waals surface area contributed by atoms with E-state index in [2.05, 4.69) is 35.0 Å². The van der Waals surface area contributed by atoms with Crippen molar-refractivity contribution in [1.29, 1.82) is 0 Å². The highest BCUT2D eigenvalue weighted by atomic mass is 16.5. The first-order valence-corrected chi connectivity index (χ1v) is 8.10. The van der Waals surface area contributed by atoms with Crippen molar-refractivity contribution in [3.05, 3.63) is 24.8 Å². The van der Waals surface area contributed by atoms with Crippen molar-refractivity contribution in [1.82, 2.24) is 19.9 Å². The number of aromatic amines is 1. The SMILES string of the molecule is COC(=O)CC(O)CNc1ncnc2nc[nH]c12.NC(=O)C1C=CC=NC1. The quantitative estimate of drug-likeness (QED) is 0.486. The fourth-order valence-corrected chi connectivity index (χ4v) is 2.13. The maximum Gasteiger partial charge on any atom is 0.308 e. The zero-order valence-corrected chi connectivity index (χ0v) is 14.7. The fourth-order valence-electron chi connectivity index (χ4n) is 2.13. The van der Waals surface area contributed by atoms with Crippen LogP contribution in [0.1, 0.15) is 6.42 Å². The van der Waals surface area contributed by atoms with Crippen LogP contribution in [-0.2, 0) is 14.3 Å². The van der Waals surface area contributed by atoms with Crippen LogP contribution in [0, 0.1) is 5.92 Å². The van der Waals surface area contributed by atoms with Gasteiger partial charge in [0.25, 0.3) is 0 Å². The van der Waals surface area contributed by atoms with E-state index < -0.39 is 12.1 Å². The predicted octanol–water partition coefficient (Wildman–Crippen LogP) is -0.583. The zero-order valence-electron chi connectivity index (χ0n) is 14.7. The van der Waals surface area contributed by atoms with Crippen LogP contribution in [0.15, 0.2) is 29.8 Å². The second-order valence-corrected chi connectivity index (χ2v) is 5.55. The number of dihydropyridines is 1. The van der Waals surface area contributed by atoms with Crippen LogP contribution in [0.4, 0.5) is 5.82 Å². The summed E-state index contributed by atoms with van der Waals surface area (Å²) in [5, 5.41) is 12.5. The Bertz CT molecular complexity index is 833. The van der Waals surface area contributed by atoms with Gasteiger partial charge in [0.1, 0.15) is 11.8 Å². The molecule has 3 heterocycles. The molecule has 0 aliphatic carbocycles.